The summed E-state index contributed by atoms with van der Waals surface area (Å²) in [6.07, 6.45) is 4.37. The number of carboxylic acid groups (broad SMARTS) is 1. The van der Waals surface area contributed by atoms with Gasteiger partial charge in [-0.25, -0.2) is 0 Å². The predicted molar refractivity (Wildman–Crippen MR) is 66.0 cm³/mol. The molecule has 2 fully saturated rings. The molecule has 3 rings (SSSR count). The Morgan fingerprint density at radius 3 is 2.68 bits per heavy atom. The molecule has 2 aliphatic carbocycles. The van der Waals surface area contributed by atoms with Crippen LogP contribution in [0, 0.1) is 23.7 Å². The Bertz CT molecular complexity index is 482. The molecule has 2 bridgehead atoms. The van der Waals surface area contributed by atoms with Crippen molar-refractivity contribution in [2.45, 2.75) is 25.8 Å². The normalized spacial score (nSPS) is 32.4. The number of hydrogen-bond donors (Lipinski definition) is 2. The summed E-state index contributed by atoms with van der Waals surface area (Å²) in [4.78, 5) is 23.6. The number of amides is 1. The number of fused-ring (bicyclic) bond motifs is 2. The lowest BCUT2D eigenvalue weighted by atomic mass is 9.79. The van der Waals surface area contributed by atoms with Gasteiger partial charge in [0.05, 0.1) is 24.6 Å². The number of hydrogen-bond acceptors (Lipinski definition) is 3. The SMILES string of the molecule is O=C(O)[C@H]1[C@@H]2CC[C@@H](C2)[C@@H]1C(=O)NCc1ccco1. The monoisotopic (exact) mass is 263 g/mol. The summed E-state index contributed by atoms with van der Waals surface area (Å²) in [7, 11) is 0. The summed E-state index contributed by atoms with van der Waals surface area (Å²) in [5.41, 5.74) is 0. The van der Waals surface area contributed by atoms with E-state index in [1.165, 1.54) is 0 Å². The molecule has 2 N–H and O–H groups in total. The molecule has 0 unspecified atom stereocenters. The zero-order valence-corrected chi connectivity index (χ0v) is 10.5. The molecule has 0 radical (unpaired) electrons. The van der Waals surface area contributed by atoms with Gasteiger partial charge in [0.15, 0.2) is 0 Å². The van der Waals surface area contributed by atoms with E-state index in [4.69, 9.17) is 4.42 Å². The van der Waals surface area contributed by atoms with E-state index < -0.39 is 11.9 Å². The first-order chi connectivity index (χ1) is 9.16. The van der Waals surface area contributed by atoms with Gasteiger partial charge < -0.3 is 14.8 Å². The minimum absolute atomic E-state index is 0.143. The van der Waals surface area contributed by atoms with Gasteiger partial charge in [-0.2, -0.15) is 0 Å². The lowest BCUT2D eigenvalue weighted by Gasteiger charge is -2.26. The van der Waals surface area contributed by atoms with E-state index in [2.05, 4.69) is 5.32 Å². The molecule has 2 saturated carbocycles. The molecular formula is C14H17NO4. The second kappa shape index (κ2) is 4.72. The lowest BCUT2D eigenvalue weighted by molar-refractivity contribution is -0.149. The third kappa shape index (κ3) is 2.13. The molecule has 1 heterocycles. The molecule has 1 aromatic heterocycles. The van der Waals surface area contributed by atoms with Crippen molar-refractivity contribution in [3.05, 3.63) is 24.2 Å². The number of carbonyl (C=O) groups is 2. The first-order valence-electron chi connectivity index (χ1n) is 6.69. The molecule has 0 aromatic carbocycles. The Balaban J connectivity index is 1.66. The highest BCUT2D eigenvalue weighted by molar-refractivity contribution is 5.86. The quantitative estimate of drug-likeness (QED) is 0.865. The predicted octanol–water partition coefficient (Wildman–Crippen LogP) is 1.64. The summed E-state index contributed by atoms with van der Waals surface area (Å²) >= 11 is 0. The van der Waals surface area contributed by atoms with Crippen LogP contribution in [0.3, 0.4) is 0 Å². The molecule has 2 aliphatic rings. The van der Waals surface area contributed by atoms with Crippen molar-refractivity contribution in [3.63, 3.8) is 0 Å². The van der Waals surface area contributed by atoms with Gasteiger partial charge in [-0.05, 0) is 43.2 Å². The standard InChI is InChI=1S/C14H17NO4/c16-13(15-7-10-2-1-5-19-10)11-8-3-4-9(6-8)12(11)14(17)18/h1-2,5,8-9,11-12H,3-4,6-7H2,(H,15,16)(H,17,18)/t8-,9+,11-,12-/m0/s1. The van der Waals surface area contributed by atoms with Gasteiger partial charge in [0.25, 0.3) is 0 Å². The van der Waals surface area contributed by atoms with Crippen LogP contribution >= 0.6 is 0 Å². The van der Waals surface area contributed by atoms with E-state index in [9.17, 15) is 14.7 Å². The molecule has 0 spiro atoms. The highest BCUT2D eigenvalue weighted by Gasteiger charge is 2.53. The Hall–Kier alpha value is -1.78. The van der Waals surface area contributed by atoms with E-state index in [0.717, 1.165) is 19.3 Å². The van der Waals surface area contributed by atoms with Crippen LogP contribution in [0.25, 0.3) is 0 Å². The number of aliphatic carboxylic acids is 1. The van der Waals surface area contributed by atoms with Crippen LogP contribution in [-0.4, -0.2) is 17.0 Å². The van der Waals surface area contributed by atoms with Crippen LogP contribution in [-0.2, 0) is 16.1 Å². The van der Waals surface area contributed by atoms with Crippen LogP contribution in [0.2, 0.25) is 0 Å². The summed E-state index contributed by atoms with van der Waals surface area (Å²) in [6, 6.07) is 3.55. The fourth-order valence-electron chi connectivity index (χ4n) is 3.73. The average molecular weight is 263 g/mol. The van der Waals surface area contributed by atoms with Gasteiger partial charge in [0.1, 0.15) is 5.76 Å². The minimum Gasteiger partial charge on any atom is -0.481 e. The van der Waals surface area contributed by atoms with Crippen molar-refractivity contribution in [2.24, 2.45) is 23.7 Å². The molecule has 1 amide bonds. The molecule has 0 aliphatic heterocycles. The topological polar surface area (TPSA) is 79.5 Å². The fraction of sp³-hybridized carbons (Fsp3) is 0.571. The highest BCUT2D eigenvalue weighted by Crippen LogP contribution is 2.52. The number of rotatable bonds is 4. The zero-order valence-electron chi connectivity index (χ0n) is 10.5. The summed E-state index contributed by atoms with van der Waals surface area (Å²) in [6.45, 7) is 0.325. The van der Waals surface area contributed by atoms with Crippen LogP contribution in [0.1, 0.15) is 25.0 Å². The van der Waals surface area contributed by atoms with Crippen molar-refractivity contribution in [1.29, 1.82) is 0 Å². The third-order valence-corrected chi connectivity index (χ3v) is 4.52. The van der Waals surface area contributed by atoms with Crippen molar-refractivity contribution < 1.29 is 19.1 Å². The number of furan rings is 1. The largest absolute Gasteiger partial charge is 0.481 e. The number of carbonyl (C=O) groups excluding carboxylic acids is 1. The van der Waals surface area contributed by atoms with Gasteiger partial charge >= 0.3 is 5.97 Å². The Kier molecular flexibility index (Phi) is 3.05. The van der Waals surface area contributed by atoms with Crippen LogP contribution in [0.4, 0.5) is 0 Å². The third-order valence-electron chi connectivity index (χ3n) is 4.52. The van der Waals surface area contributed by atoms with Crippen molar-refractivity contribution >= 4 is 11.9 Å². The number of nitrogens with one attached hydrogen (secondary N) is 1. The maximum atomic E-state index is 12.2. The van der Waals surface area contributed by atoms with Gasteiger partial charge in [0, 0.05) is 0 Å². The Morgan fingerprint density at radius 2 is 2.05 bits per heavy atom. The van der Waals surface area contributed by atoms with E-state index in [0.29, 0.717) is 12.3 Å². The van der Waals surface area contributed by atoms with Gasteiger partial charge in [-0.15, -0.1) is 0 Å². The van der Waals surface area contributed by atoms with Crippen LogP contribution < -0.4 is 5.32 Å². The Labute approximate surface area is 111 Å². The minimum atomic E-state index is -0.828. The van der Waals surface area contributed by atoms with Crippen LogP contribution in [0.5, 0.6) is 0 Å². The number of carboxylic acids is 1. The highest BCUT2D eigenvalue weighted by atomic mass is 16.4. The first-order valence-corrected chi connectivity index (χ1v) is 6.69. The van der Waals surface area contributed by atoms with Crippen LogP contribution in [0.15, 0.2) is 22.8 Å². The van der Waals surface area contributed by atoms with Crippen molar-refractivity contribution in [3.8, 4) is 0 Å². The van der Waals surface area contributed by atoms with Crippen molar-refractivity contribution in [1.82, 2.24) is 5.32 Å². The van der Waals surface area contributed by atoms with E-state index >= 15 is 0 Å². The zero-order chi connectivity index (χ0) is 13.4. The molecule has 5 heteroatoms. The molecule has 102 valence electrons. The van der Waals surface area contributed by atoms with Crippen molar-refractivity contribution in [2.75, 3.05) is 0 Å². The van der Waals surface area contributed by atoms with Gasteiger partial charge in [-0.3, -0.25) is 9.59 Å². The molecule has 4 atom stereocenters. The maximum absolute atomic E-state index is 12.2. The van der Waals surface area contributed by atoms with Gasteiger partial charge in [-0.1, -0.05) is 0 Å². The summed E-state index contributed by atoms with van der Waals surface area (Å²) < 4.78 is 5.15. The van der Waals surface area contributed by atoms with E-state index in [1.54, 1.807) is 18.4 Å². The molecule has 0 saturated heterocycles. The second-order valence-corrected chi connectivity index (χ2v) is 5.52. The van der Waals surface area contributed by atoms with E-state index in [-0.39, 0.29) is 23.7 Å². The molecular weight excluding hydrogens is 246 g/mol. The summed E-state index contributed by atoms with van der Waals surface area (Å²) in [5.74, 6) is -0.740. The molecule has 1 aromatic rings. The average Bonchev–Trinajstić information content (AvgIpc) is 3.10. The Morgan fingerprint density at radius 1 is 1.32 bits per heavy atom. The smallest absolute Gasteiger partial charge is 0.307 e. The summed E-state index contributed by atoms with van der Waals surface area (Å²) in [5, 5.41) is 12.1. The first kappa shape index (κ1) is 12.3. The fourth-order valence-corrected chi connectivity index (χ4v) is 3.73. The lowest BCUT2D eigenvalue weighted by Crippen LogP contribution is -2.40. The maximum Gasteiger partial charge on any atom is 0.307 e. The van der Waals surface area contributed by atoms with E-state index in [1.807, 2.05) is 0 Å². The molecule has 19 heavy (non-hydrogen) atoms. The second-order valence-electron chi connectivity index (χ2n) is 5.52. The van der Waals surface area contributed by atoms with Gasteiger partial charge in [0.2, 0.25) is 5.91 Å². The molecule has 5 nitrogen and oxygen atoms in total.